The minimum atomic E-state index is -1.16. The average Bonchev–Trinajstić information content (AvgIpc) is 3.67. The van der Waals surface area contributed by atoms with Gasteiger partial charge in [0.2, 0.25) is 5.91 Å². The highest BCUT2D eigenvalue weighted by Gasteiger charge is 2.30. The van der Waals surface area contributed by atoms with E-state index in [0.717, 1.165) is 18.9 Å². The third kappa shape index (κ3) is 6.64. The maximum Gasteiger partial charge on any atom is 0.328 e. The number of hydrogen-bond donors (Lipinski definition) is 4. The maximum absolute atomic E-state index is 13.0. The lowest BCUT2D eigenvalue weighted by Crippen LogP contribution is -2.19. The van der Waals surface area contributed by atoms with Gasteiger partial charge >= 0.3 is 12.0 Å². The number of carbonyl (C=O) groups excluding carboxylic acids is 2. The van der Waals surface area contributed by atoms with E-state index >= 15 is 0 Å². The molecule has 0 radical (unpaired) electrons. The number of halogens is 1. The Labute approximate surface area is 199 Å². The summed E-state index contributed by atoms with van der Waals surface area (Å²) < 4.78 is 18.9. The van der Waals surface area contributed by atoms with Gasteiger partial charge in [0.15, 0.2) is 0 Å². The first kappa shape index (κ1) is 23.4. The standard InChI is InChI=1S/C25H21FN4O5/c26-16-3-5-17(6-4-16)28-25(34)29-18-7-9-19(10-8-18)35-21-13-14-27-23(20(21)11-12-22(31)32)30-24(33)15-1-2-15/h3-15H,1-2H2,(H,31,32)(H,27,30,33)(H2,28,29,34)/b12-11+. The fourth-order valence-electron chi connectivity index (χ4n) is 3.08. The summed E-state index contributed by atoms with van der Waals surface area (Å²) in [6.45, 7) is 0. The van der Waals surface area contributed by atoms with Gasteiger partial charge in [-0.25, -0.2) is 19.0 Å². The van der Waals surface area contributed by atoms with Crippen molar-refractivity contribution in [3.63, 3.8) is 0 Å². The van der Waals surface area contributed by atoms with Crippen molar-refractivity contribution in [2.75, 3.05) is 16.0 Å². The SMILES string of the molecule is O=C(O)/C=C/c1c(Oc2ccc(NC(=O)Nc3ccc(F)cc3)cc2)ccnc1NC(=O)C1CC1. The molecular weight excluding hydrogens is 455 g/mol. The Kier molecular flexibility index (Phi) is 7.01. The highest BCUT2D eigenvalue weighted by Crippen LogP contribution is 2.34. The number of pyridine rings is 1. The molecule has 1 aromatic heterocycles. The summed E-state index contributed by atoms with van der Waals surface area (Å²) in [6.07, 6.45) is 5.31. The van der Waals surface area contributed by atoms with Gasteiger partial charge in [-0.15, -0.1) is 0 Å². The summed E-state index contributed by atoms with van der Waals surface area (Å²) in [7, 11) is 0. The second-order valence-electron chi connectivity index (χ2n) is 7.72. The molecule has 35 heavy (non-hydrogen) atoms. The molecule has 4 N–H and O–H groups in total. The van der Waals surface area contributed by atoms with E-state index in [0.29, 0.717) is 28.4 Å². The van der Waals surface area contributed by atoms with Gasteiger partial charge in [0.25, 0.3) is 0 Å². The summed E-state index contributed by atoms with van der Waals surface area (Å²) in [5.41, 5.74) is 1.23. The van der Waals surface area contributed by atoms with Gasteiger partial charge in [-0.05, 0) is 73.5 Å². The highest BCUT2D eigenvalue weighted by molar-refractivity contribution is 5.99. The molecule has 1 aliphatic carbocycles. The van der Waals surface area contributed by atoms with E-state index in [1.165, 1.54) is 36.5 Å². The lowest BCUT2D eigenvalue weighted by Gasteiger charge is -2.13. The number of nitrogens with one attached hydrogen (secondary N) is 3. The lowest BCUT2D eigenvalue weighted by molar-refractivity contribution is -0.131. The third-order valence-electron chi connectivity index (χ3n) is 4.97. The summed E-state index contributed by atoms with van der Waals surface area (Å²) in [6, 6.07) is 12.9. The summed E-state index contributed by atoms with van der Waals surface area (Å²) >= 11 is 0. The summed E-state index contributed by atoms with van der Waals surface area (Å²) in [5.74, 6) is -0.892. The lowest BCUT2D eigenvalue weighted by atomic mass is 10.2. The summed E-state index contributed by atoms with van der Waals surface area (Å²) in [4.78, 5) is 39.6. The number of benzene rings is 2. The van der Waals surface area contributed by atoms with Gasteiger partial charge in [-0.1, -0.05) is 0 Å². The van der Waals surface area contributed by atoms with Crippen LogP contribution in [0.1, 0.15) is 18.4 Å². The largest absolute Gasteiger partial charge is 0.478 e. The quantitative estimate of drug-likeness (QED) is 0.335. The molecule has 1 fully saturated rings. The Hall–Kier alpha value is -4.73. The number of anilines is 3. The highest BCUT2D eigenvalue weighted by atomic mass is 19.1. The molecular formula is C25H21FN4O5. The number of amides is 3. The molecule has 0 spiro atoms. The van der Waals surface area contributed by atoms with Crippen molar-refractivity contribution in [1.29, 1.82) is 0 Å². The first-order valence-electron chi connectivity index (χ1n) is 10.7. The number of aromatic nitrogens is 1. The molecule has 9 nitrogen and oxygen atoms in total. The number of carboxylic acids is 1. The first-order chi connectivity index (χ1) is 16.9. The molecule has 0 atom stereocenters. The molecule has 3 amide bonds. The molecule has 4 rings (SSSR count). The summed E-state index contributed by atoms with van der Waals surface area (Å²) in [5, 5.41) is 17.0. The van der Waals surface area contributed by atoms with Gasteiger partial charge in [0, 0.05) is 29.6 Å². The smallest absolute Gasteiger partial charge is 0.328 e. The Morgan fingerprint density at radius 1 is 0.943 bits per heavy atom. The van der Waals surface area contributed by atoms with Crippen molar-refractivity contribution in [3.8, 4) is 11.5 Å². The number of nitrogens with zero attached hydrogens (tertiary/aromatic N) is 1. The Morgan fingerprint density at radius 3 is 2.17 bits per heavy atom. The van der Waals surface area contributed by atoms with Crippen LogP contribution < -0.4 is 20.7 Å². The molecule has 10 heteroatoms. The fraction of sp³-hybridized carbons (Fsp3) is 0.120. The number of urea groups is 1. The van der Waals surface area contributed by atoms with Crippen LogP contribution in [0.25, 0.3) is 6.08 Å². The van der Waals surface area contributed by atoms with E-state index < -0.39 is 17.8 Å². The number of carbonyl (C=O) groups is 3. The number of ether oxygens (including phenoxy) is 1. The predicted octanol–water partition coefficient (Wildman–Crippen LogP) is 5.10. The van der Waals surface area contributed by atoms with E-state index in [1.807, 2.05) is 0 Å². The first-order valence-corrected chi connectivity index (χ1v) is 10.7. The van der Waals surface area contributed by atoms with Crippen molar-refractivity contribution >= 4 is 41.2 Å². The van der Waals surface area contributed by atoms with Crippen molar-refractivity contribution in [3.05, 3.63) is 78.3 Å². The second kappa shape index (κ2) is 10.5. The van der Waals surface area contributed by atoms with Gasteiger partial charge in [-0.3, -0.25) is 4.79 Å². The Bertz CT molecular complexity index is 1270. The topological polar surface area (TPSA) is 130 Å². The van der Waals surface area contributed by atoms with E-state index in [-0.39, 0.29) is 17.6 Å². The number of hydrogen-bond acceptors (Lipinski definition) is 5. The number of aliphatic carboxylic acids is 1. The number of carboxylic acid groups (broad SMARTS) is 1. The van der Waals surface area contributed by atoms with E-state index in [2.05, 4.69) is 20.9 Å². The van der Waals surface area contributed by atoms with Crippen LogP contribution in [0.2, 0.25) is 0 Å². The van der Waals surface area contributed by atoms with Gasteiger partial charge in [0.1, 0.15) is 23.1 Å². The fourth-order valence-corrected chi connectivity index (χ4v) is 3.08. The molecule has 3 aromatic rings. The predicted molar refractivity (Wildman–Crippen MR) is 128 cm³/mol. The second-order valence-corrected chi connectivity index (χ2v) is 7.72. The molecule has 1 saturated carbocycles. The van der Waals surface area contributed by atoms with Crippen LogP contribution in [0.15, 0.2) is 66.9 Å². The molecule has 0 unspecified atom stereocenters. The molecule has 178 valence electrons. The van der Waals surface area contributed by atoms with Crippen molar-refractivity contribution in [1.82, 2.24) is 4.98 Å². The van der Waals surface area contributed by atoms with Crippen LogP contribution in [0.3, 0.4) is 0 Å². The van der Waals surface area contributed by atoms with Crippen LogP contribution in [0.5, 0.6) is 11.5 Å². The molecule has 2 aromatic carbocycles. The zero-order chi connectivity index (χ0) is 24.8. The van der Waals surface area contributed by atoms with Crippen LogP contribution in [-0.2, 0) is 9.59 Å². The van der Waals surface area contributed by atoms with Gasteiger partial charge < -0.3 is 25.8 Å². The molecule has 1 aliphatic rings. The molecule has 1 heterocycles. The molecule has 0 bridgehead atoms. The molecule has 0 saturated heterocycles. The van der Waals surface area contributed by atoms with Crippen LogP contribution in [-0.4, -0.2) is 28.0 Å². The average molecular weight is 476 g/mol. The van der Waals surface area contributed by atoms with Gasteiger partial charge in [-0.2, -0.15) is 0 Å². The minimum absolute atomic E-state index is 0.0574. The monoisotopic (exact) mass is 476 g/mol. The zero-order valence-electron chi connectivity index (χ0n) is 18.3. The number of rotatable bonds is 8. The van der Waals surface area contributed by atoms with E-state index in [1.54, 1.807) is 30.3 Å². The Balaban J connectivity index is 1.46. The van der Waals surface area contributed by atoms with Crippen LogP contribution in [0, 0.1) is 11.7 Å². The van der Waals surface area contributed by atoms with Gasteiger partial charge in [0.05, 0.1) is 5.56 Å². The van der Waals surface area contributed by atoms with E-state index in [9.17, 15) is 18.8 Å². The molecule has 0 aliphatic heterocycles. The Morgan fingerprint density at radius 2 is 1.57 bits per heavy atom. The maximum atomic E-state index is 13.0. The van der Waals surface area contributed by atoms with Crippen LogP contribution in [0.4, 0.5) is 26.4 Å². The normalized spacial score (nSPS) is 12.7. The van der Waals surface area contributed by atoms with Crippen molar-refractivity contribution < 1.29 is 28.6 Å². The minimum Gasteiger partial charge on any atom is -0.478 e. The van der Waals surface area contributed by atoms with Crippen molar-refractivity contribution in [2.45, 2.75) is 12.8 Å². The van der Waals surface area contributed by atoms with Crippen LogP contribution >= 0.6 is 0 Å². The van der Waals surface area contributed by atoms with E-state index in [4.69, 9.17) is 9.84 Å². The van der Waals surface area contributed by atoms with Crippen molar-refractivity contribution in [2.24, 2.45) is 5.92 Å². The third-order valence-corrected chi connectivity index (χ3v) is 4.97. The zero-order valence-corrected chi connectivity index (χ0v) is 18.3.